The molecule has 0 radical (unpaired) electrons. The number of nitrogens with zero attached hydrogens (tertiary/aromatic N) is 3. The van der Waals surface area contributed by atoms with Gasteiger partial charge in [0.15, 0.2) is 5.65 Å². The Morgan fingerprint density at radius 1 is 1.38 bits per heavy atom. The average Bonchev–Trinajstić information content (AvgIpc) is 3.23. The summed E-state index contributed by atoms with van der Waals surface area (Å²) in [6, 6.07) is 3.22. The van der Waals surface area contributed by atoms with Gasteiger partial charge in [0.1, 0.15) is 24.5 Å². The van der Waals surface area contributed by atoms with E-state index in [1.165, 1.54) is 0 Å². The number of ether oxygens (including phenoxy) is 3. The van der Waals surface area contributed by atoms with Crippen LogP contribution >= 0.6 is 11.6 Å². The molecular formula is C19H30ClN3O5Si. The molecule has 0 bridgehead atoms. The van der Waals surface area contributed by atoms with Crippen molar-refractivity contribution in [2.75, 3.05) is 19.8 Å². The Bertz CT molecular complexity index is 841. The summed E-state index contributed by atoms with van der Waals surface area (Å²) in [5.41, 5.74) is 2.00. The predicted molar refractivity (Wildman–Crippen MR) is 113 cm³/mol. The second-order valence-corrected chi connectivity index (χ2v) is 14.7. The molecule has 0 saturated carbocycles. The molecule has 0 aromatic carbocycles. The molecule has 1 saturated heterocycles. The van der Waals surface area contributed by atoms with Gasteiger partial charge in [0.25, 0.3) is 0 Å². The fourth-order valence-electron chi connectivity index (χ4n) is 3.08. The van der Waals surface area contributed by atoms with Crippen LogP contribution in [0.5, 0.6) is 6.01 Å². The molecule has 1 aliphatic rings. The summed E-state index contributed by atoms with van der Waals surface area (Å²) >= 11 is 6.22. The number of pyridine rings is 1. The maximum absolute atomic E-state index is 9.79. The van der Waals surface area contributed by atoms with Gasteiger partial charge in [-0.1, -0.05) is 31.2 Å². The first kappa shape index (κ1) is 22.5. The molecule has 2 N–H and O–H groups in total. The van der Waals surface area contributed by atoms with Gasteiger partial charge in [-0.15, -0.1) is 0 Å². The Labute approximate surface area is 176 Å². The highest BCUT2D eigenvalue weighted by molar-refractivity contribution is 6.76. The number of fused-ring (bicyclic) bond motifs is 1. The van der Waals surface area contributed by atoms with E-state index in [1.807, 2.05) is 6.92 Å². The Morgan fingerprint density at radius 2 is 2.14 bits per heavy atom. The van der Waals surface area contributed by atoms with Crippen molar-refractivity contribution in [2.45, 2.75) is 64.1 Å². The fraction of sp³-hybridized carbons (Fsp3) is 0.684. The van der Waals surface area contributed by atoms with Crippen molar-refractivity contribution in [3.63, 3.8) is 0 Å². The van der Waals surface area contributed by atoms with Crippen LogP contribution in [0.4, 0.5) is 0 Å². The standard InChI is InChI=1S/C19H30ClN3O5Si/c1-12-14(20)8-15-18(21-12)23(11-26-5-6-29(2,3)4)19(22-15)28-13-7-17(27-10-13)16(25)9-24/h8,13,16-17,24-25H,5-7,9-11H2,1-4H3. The van der Waals surface area contributed by atoms with E-state index >= 15 is 0 Å². The normalized spacial score (nSPS) is 21.1. The van der Waals surface area contributed by atoms with Crippen LogP contribution in [0.1, 0.15) is 12.1 Å². The first-order valence-corrected chi connectivity index (χ1v) is 13.9. The van der Waals surface area contributed by atoms with Gasteiger partial charge in [0, 0.05) is 21.1 Å². The molecular weight excluding hydrogens is 414 g/mol. The molecule has 3 rings (SSSR count). The maximum atomic E-state index is 9.79. The van der Waals surface area contributed by atoms with Crippen LogP contribution in [0.15, 0.2) is 6.07 Å². The van der Waals surface area contributed by atoms with Gasteiger partial charge in [-0.3, -0.25) is 4.57 Å². The second kappa shape index (κ2) is 9.28. The zero-order valence-corrected chi connectivity index (χ0v) is 19.1. The third-order valence-corrected chi connectivity index (χ3v) is 7.00. The number of rotatable bonds is 9. The molecule has 0 amide bonds. The van der Waals surface area contributed by atoms with Gasteiger partial charge < -0.3 is 24.4 Å². The Hall–Kier alpha value is -1.23. The van der Waals surface area contributed by atoms with Gasteiger partial charge in [0.2, 0.25) is 0 Å². The second-order valence-electron chi connectivity index (χ2n) is 8.67. The van der Waals surface area contributed by atoms with E-state index in [-0.39, 0.29) is 19.4 Å². The quantitative estimate of drug-likeness (QED) is 0.454. The molecule has 3 heterocycles. The van der Waals surface area contributed by atoms with E-state index in [4.69, 9.17) is 30.9 Å². The van der Waals surface area contributed by atoms with Crippen LogP contribution in [0.2, 0.25) is 30.7 Å². The van der Waals surface area contributed by atoms with E-state index in [0.29, 0.717) is 47.5 Å². The molecule has 10 heteroatoms. The van der Waals surface area contributed by atoms with Gasteiger partial charge in [-0.2, -0.15) is 4.98 Å². The average molecular weight is 444 g/mol. The zero-order valence-electron chi connectivity index (χ0n) is 17.4. The Morgan fingerprint density at radius 3 is 2.83 bits per heavy atom. The summed E-state index contributed by atoms with van der Waals surface area (Å²) in [6.45, 7) is 9.68. The van der Waals surface area contributed by atoms with Crippen molar-refractivity contribution < 1.29 is 24.4 Å². The fourth-order valence-corrected chi connectivity index (χ4v) is 3.98. The third kappa shape index (κ3) is 5.68. The molecule has 1 aliphatic heterocycles. The highest BCUT2D eigenvalue weighted by atomic mass is 35.5. The van der Waals surface area contributed by atoms with Crippen molar-refractivity contribution >= 4 is 30.8 Å². The lowest BCUT2D eigenvalue weighted by Gasteiger charge is -2.17. The third-order valence-electron chi connectivity index (χ3n) is 4.91. The summed E-state index contributed by atoms with van der Waals surface area (Å²) in [6.07, 6.45) is -1.19. The van der Waals surface area contributed by atoms with Crippen molar-refractivity contribution in [1.29, 1.82) is 0 Å². The molecule has 8 nitrogen and oxygen atoms in total. The minimum Gasteiger partial charge on any atom is -0.459 e. The molecule has 3 atom stereocenters. The minimum absolute atomic E-state index is 0.278. The van der Waals surface area contributed by atoms with E-state index in [1.54, 1.807) is 10.6 Å². The largest absolute Gasteiger partial charge is 0.459 e. The van der Waals surface area contributed by atoms with Gasteiger partial charge in [0.05, 0.1) is 30.0 Å². The first-order valence-electron chi connectivity index (χ1n) is 9.86. The van der Waals surface area contributed by atoms with Crippen LogP contribution in [0.25, 0.3) is 11.2 Å². The number of halogens is 1. The number of aryl methyl sites for hydroxylation is 1. The van der Waals surface area contributed by atoms with Crippen molar-refractivity contribution in [2.24, 2.45) is 0 Å². The Kier molecular flexibility index (Phi) is 7.18. The monoisotopic (exact) mass is 443 g/mol. The maximum Gasteiger partial charge on any atom is 0.300 e. The summed E-state index contributed by atoms with van der Waals surface area (Å²) in [4.78, 5) is 9.12. The van der Waals surface area contributed by atoms with Gasteiger partial charge in [-0.25, -0.2) is 4.98 Å². The molecule has 0 aliphatic carbocycles. The highest BCUT2D eigenvalue weighted by Gasteiger charge is 2.33. The molecule has 1 fully saturated rings. The highest BCUT2D eigenvalue weighted by Crippen LogP contribution is 2.28. The minimum atomic E-state index is -1.19. The topological polar surface area (TPSA) is 98.9 Å². The number of hydrogen-bond acceptors (Lipinski definition) is 7. The summed E-state index contributed by atoms with van der Waals surface area (Å²) < 4.78 is 19.3. The molecule has 3 unspecified atom stereocenters. The first-order chi connectivity index (χ1) is 13.7. The van der Waals surface area contributed by atoms with Crippen molar-refractivity contribution in [1.82, 2.24) is 14.5 Å². The molecule has 29 heavy (non-hydrogen) atoms. The number of aromatic nitrogens is 3. The van der Waals surface area contributed by atoms with Crippen LogP contribution < -0.4 is 4.74 Å². The number of aliphatic hydroxyl groups excluding tert-OH is 2. The van der Waals surface area contributed by atoms with Crippen LogP contribution in [0, 0.1) is 6.92 Å². The zero-order chi connectivity index (χ0) is 21.2. The van der Waals surface area contributed by atoms with E-state index in [9.17, 15) is 5.11 Å². The smallest absolute Gasteiger partial charge is 0.300 e. The van der Waals surface area contributed by atoms with Crippen LogP contribution in [-0.4, -0.2) is 71.0 Å². The van der Waals surface area contributed by atoms with E-state index in [2.05, 4.69) is 29.6 Å². The molecule has 162 valence electrons. The molecule has 2 aromatic rings. The number of aliphatic hydroxyl groups is 2. The lowest BCUT2D eigenvalue weighted by atomic mass is 10.1. The predicted octanol–water partition coefficient (Wildman–Crippen LogP) is 2.59. The van der Waals surface area contributed by atoms with Crippen molar-refractivity contribution in [3.05, 3.63) is 16.8 Å². The summed E-state index contributed by atoms with van der Waals surface area (Å²) in [5, 5.41) is 19.5. The van der Waals surface area contributed by atoms with E-state index in [0.717, 1.165) is 6.04 Å². The molecule has 0 spiro atoms. The SMILES string of the molecule is Cc1nc2c(cc1Cl)nc(OC1COC(C(O)CO)C1)n2COCC[Si](C)(C)C. The van der Waals surface area contributed by atoms with Crippen LogP contribution in [0.3, 0.4) is 0 Å². The Balaban J connectivity index is 1.78. The van der Waals surface area contributed by atoms with Gasteiger partial charge >= 0.3 is 6.01 Å². The summed E-state index contributed by atoms with van der Waals surface area (Å²) in [5.74, 6) is 0. The molecule has 2 aromatic heterocycles. The lowest BCUT2D eigenvalue weighted by molar-refractivity contribution is -0.0290. The van der Waals surface area contributed by atoms with E-state index < -0.39 is 20.3 Å². The van der Waals surface area contributed by atoms with Crippen LogP contribution in [-0.2, 0) is 16.2 Å². The number of imidazole rings is 1. The van der Waals surface area contributed by atoms with Crippen molar-refractivity contribution in [3.8, 4) is 6.01 Å². The van der Waals surface area contributed by atoms with Gasteiger partial charge in [-0.05, 0) is 19.0 Å². The lowest BCUT2D eigenvalue weighted by Crippen LogP contribution is -2.29. The number of hydrogen-bond donors (Lipinski definition) is 2. The summed E-state index contributed by atoms with van der Waals surface area (Å²) in [7, 11) is -1.19.